The van der Waals surface area contributed by atoms with Crippen molar-refractivity contribution in [3.8, 4) is 0 Å². The van der Waals surface area contributed by atoms with Crippen LogP contribution in [0.2, 0.25) is 4.55 Å². The van der Waals surface area contributed by atoms with Crippen LogP contribution in [0.15, 0.2) is 0 Å². The second-order valence-corrected chi connectivity index (χ2v) is 6.16. The minimum atomic E-state index is 0.176. The van der Waals surface area contributed by atoms with E-state index in [-0.39, 0.29) is 18.2 Å². The quantitative estimate of drug-likeness (QED) is 0.475. The van der Waals surface area contributed by atoms with Crippen LogP contribution in [-0.2, 0) is 0 Å². The minimum absolute atomic E-state index is 0.176. The van der Waals surface area contributed by atoms with Crippen molar-refractivity contribution in [2.75, 3.05) is 0 Å². The lowest BCUT2D eigenvalue weighted by Crippen LogP contribution is -1.91. The van der Waals surface area contributed by atoms with Gasteiger partial charge in [0.05, 0.1) is 0 Å². The van der Waals surface area contributed by atoms with E-state index in [0.717, 1.165) is 5.92 Å². The predicted octanol–water partition coefficient (Wildman–Crippen LogP) is 3.25. The molecule has 0 fully saturated rings. The molecule has 0 saturated heterocycles. The zero-order valence-corrected chi connectivity index (χ0v) is 9.49. The van der Waals surface area contributed by atoms with E-state index in [9.17, 15) is 0 Å². The Kier molecular flexibility index (Phi) is 8.37. The molecule has 0 aliphatic heterocycles. The zero-order chi connectivity index (χ0) is 7.11. The molecule has 0 aromatic rings. The molecule has 0 aromatic heterocycles. The average molecular weight is 203 g/mol. The molecule has 0 amide bonds. The number of hydrogen-bond acceptors (Lipinski definition) is 0. The maximum atomic E-state index is 3.56. The first kappa shape index (κ1) is 10.2. The third-order valence-electron chi connectivity index (χ3n) is 1.78. The van der Waals surface area contributed by atoms with Crippen LogP contribution in [0.1, 0.15) is 33.1 Å². The summed E-state index contributed by atoms with van der Waals surface area (Å²) in [6.07, 6.45) is 4.24. The Morgan fingerprint density at radius 3 is 2.67 bits per heavy atom. The van der Waals surface area contributed by atoms with Crippen molar-refractivity contribution < 1.29 is 0 Å². The molecule has 0 radical (unpaired) electrons. The van der Waals surface area contributed by atoms with Crippen LogP contribution < -0.4 is 0 Å². The number of halogens is 1. The minimum Gasteiger partial charge on any atom is -0.307 e. The normalized spacial score (nSPS) is 12.8. The Bertz CT molecular complexity index is 56.9. The average Bonchev–Trinajstić information content (AvgIpc) is 1.89. The van der Waals surface area contributed by atoms with Gasteiger partial charge < -0.3 is 12.9 Å². The molecule has 0 saturated carbocycles. The molecule has 0 aromatic carbocycles. The second kappa shape index (κ2) is 7.35. The van der Waals surface area contributed by atoms with Crippen molar-refractivity contribution in [1.29, 1.82) is 0 Å². The molecule has 2 heteroatoms. The standard InChI is InChI=1S/C7H15.BrH.Mg/c1-4-6-7(3)5-2;;/h7H,1,4-6H2,2-3H3;1H;/q;;+1/p-1. The topological polar surface area (TPSA) is 0 Å². The molecular formula is C7H15BrMg. The Balaban J connectivity index is 2.88. The Morgan fingerprint density at radius 2 is 2.22 bits per heavy atom. The zero-order valence-electron chi connectivity index (χ0n) is 6.49. The van der Waals surface area contributed by atoms with Crippen LogP contribution in [0.25, 0.3) is 0 Å². The van der Waals surface area contributed by atoms with Gasteiger partial charge >= 0.3 is 18.2 Å². The van der Waals surface area contributed by atoms with Gasteiger partial charge in [0, 0.05) is 0 Å². The maximum Gasteiger partial charge on any atom is 0.468 e. The largest absolute Gasteiger partial charge is 0.468 e. The number of hydrogen-bond donors (Lipinski definition) is 0. The van der Waals surface area contributed by atoms with Crippen LogP contribution in [0.4, 0.5) is 0 Å². The van der Waals surface area contributed by atoms with Crippen molar-refractivity contribution in [2.24, 2.45) is 5.92 Å². The monoisotopic (exact) mass is 202 g/mol. The van der Waals surface area contributed by atoms with E-state index in [4.69, 9.17) is 0 Å². The summed E-state index contributed by atoms with van der Waals surface area (Å²) in [4.78, 5) is 0. The highest BCUT2D eigenvalue weighted by Gasteiger charge is 1.97. The van der Waals surface area contributed by atoms with E-state index in [2.05, 4.69) is 26.7 Å². The summed E-state index contributed by atoms with van der Waals surface area (Å²) in [6, 6.07) is 0. The molecule has 0 nitrogen and oxygen atoms in total. The van der Waals surface area contributed by atoms with Crippen LogP contribution in [0.3, 0.4) is 0 Å². The van der Waals surface area contributed by atoms with Crippen molar-refractivity contribution in [1.82, 2.24) is 0 Å². The number of rotatable bonds is 5. The molecule has 0 heterocycles. The second-order valence-electron chi connectivity index (χ2n) is 2.70. The van der Waals surface area contributed by atoms with Gasteiger partial charge in [0.2, 0.25) is 0 Å². The summed E-state index contributed by atoms with van der Waals surface area (Å²) in [5.74, 6) is 0.957. The summed E-state index contributed by atoms with van der Waals surface area (Å²) >= 11 is 3.74. The highest BCUT2D eigenvalue weighted by molar-refractivity contribution is 9.23. The van der Waals surface area contributed by atoms with Crippen molar-refractivity contribution in [2.45, 2.75) is 37.7 Å². The Hall–Kier alpha value is 1.25. The Morgan fingerprint density at radius 1 is 1.56 bits per heavy atom. The van der Waals surface area contributed by atoms with E-state index >= 15 is 0 Å². The van der Waals surface area contributed by atoms with Gasteiger partial charge in [-0.15, -0.1) is 4.55 Å². The van der Waals surface area contributed by atoms with Gasteiger partial charge in [0.1, 0.15) is 0 Å². The van der Waals surface area contributed by atoms with E-state index in [0.29, 0.717) is 0 Å². The molecule has 9 heavy (non-hydrogen) atoms. The lowest BCUT2D eigenvalue weighted by Gasteiger charge is -2.05. The van der Waals surface area contributed by atoms with Crippen LogP contribution in [0, 0.1) is 5.92 Å². The molecule has 1 unspecified atom stereocenters. The first-order valence-corrected chi connectivity index (χ1v) is 8.77. The molecule has 0 aliphatic rings. The van der Waals surface area contributed by atoms with Gasteiger partial charge in [-0.05, 0) is 5.92 Å². The molecule has 0 aliphatic carbocycles. The van der Waals surface area contributed by atoms with Crippen LogP contribution in [0.5, 0.6) is 0 Å². The lowest BCUT2D eigenvalue weighted by atomic mass is 10.0. The van der Waals surface area contributed by atoms with Crippen molar-refractivity contribution in [3.63, 3.8) is 0 Å². The SMILES string of the molecule is CCC(C)CC[CH2][Mg][Br]. The highest BCUT2D eigenvalue weighted by Crippen LogP contribution is 2.11. The Labute approximate surface area is 74.4 Å². The first-order chi connectivity index (χ1) is 4.31. The van der Waals surface area contributed by atoms with E-state index in [1.54, 1.807) is 0 Å². The third kappa shape index (κ3) is 7.14. The fourth-order valence-corrected chi connectivity index (χ4v) is 2.46. The molecule has 52 valence electrons. The van der Waals surface area contributed by atoms with E-state index < -0.39 is 0 Å². The molecular weight excluding hydrogens is 188 g/mol. The van der Waals surface area contributed by atoms with Gasteiger partial charge in [-0.25, -0.2) is 0 Å². The molecule has 0 bridgehead atoms. The molecule has 0 N–H and O–H groups in total. The summed E-state index contributed by atoms with van der Waals surface area (Å²) in [7, 11) is 0. The van der Waals surface area contributed by atoms with E-state index in [1.165, 1.54) is 23.8 Å². The van der Waals surface area contributed by atoms with Gasteiger partial charge in [0.15, 0.2) is 0 Å². The third-order valence-corrected chi connectivity index (χ3v) is 4.23. The van der Waals surface area contributed by atoms with Gasteiger partial charge in [-0.2, -0.15) is 0 Å². The van der Waals surface area contributed by atoms with Crippen LogP contribution >= 0.6 is 12.9 Å². The summed E-state index contributed by atoms with van der Waals surface area (Å²) < 4.78 is 1.48. The van der Waals surface area contributed by atoms with Gasteiger partial charge in [-0.3, -0.25) is 0 Å². The predicted molar refractivity (Wildman–Crippen MR) is 48.2 cm³/mol. The smallest absolute Gasteiger partial charge is 0.307 e. The first-order valence-electron chi connectivity index (χ1n) is 3.87. The lowest BCUT2D eigenvalue weighted by molar-refractivity contribution is 0.509. The van der Waals surface area contributed by atoms with E-state index in [1.807, 2.05) is 0 Å². The summed E-state index contributed by atoms with van der Waals surface area (Å²) in [5, 5.41) is 0. The fraction of sp³-hybridized carbons (Fsp3) is 1.00. The highest BCUT2D eigenvalue weighted by atomic mass is 79.9. The fourth-order valence-electron chi connectivity index (χ4n) is 0.791. The maximum absolute atomic E-state index is 3.56. The van der Waals surface area contributed by atoms with Crippen molar-refractivity contribution >= 4 is 31.1 Å². The van der Waals surface area contributed by atoms with Gasteiger partial charge in [0.25, 0.3) is 0 Å². The summed E-state index contributed by atoms with van der Waals surface area (Å²) in [6.45, 7) is 4.62. The summed E-state index contributed by atoms with van der Waals surface area (Å²) in [5.41, 5.74) is 0. The molecule has 1 atom stereocenters. The van der Waals surface area contributed by atoms with Crippen LogP contribution in [-0.4, -0.2) is 18.2 Å². The molecule has 0 rings (SSSR count). The van der Waals surface area contributed by atoms with Crippen molar-refractivity contribution in [3.05, 3.63) is 0 Å². The van der Waals surface area contributed by atoms with Gasteiger partial charge in [-0.1, -0.05) is 33.1 Å². The molecule has 0 spiro atoms.